The van der Waals surface area contributed by atoms with Crippen LogP contribution in [0, 0.1) is 5.92 Å². The number of hydrogen-bond donors (Lipinski definition) is 1. The van der Waals surface area contributed by atoms with Crippen LogP contribution >= 0.6 is 0 Å². The highest BCUT2D eigenvalue weighted by molar-refractivity contribution is 5.92. The van der Waals surface area contributed by atoms with Crippen molar-refractivity contribution in [2.24, 2.45) is 5.92 Å². The second kappa shape index (κ2) is 11.1. The maximum absolute atomic E-state index is 12.6. The smallest absolute Gasteiger partial charge is 0.334 e. The third-order valence-corrected chi connectivity index (χ3v) is 5.30. The fourth-order valence-corrected chi connectivity index (χ4v) is 3.69. The molecule has 0 aromatic carbocycles. The molecule has 8 heteroatoms. The Morgan fingerprint density at radius 2 is 2.03 bits per heavy atom. The molecule has 0 aromatic heterocycles. The summed E-state index contributed by atoms with van der Waals surface area (Å²) >= 11 is 0. The highest BCUT2D eigenvalue weighted by Crippen LogP contribution is 2.37. The van der Waals surface area contributed by atoms with E-state index in [9.17, 15) is 14.4 Å². The summed E-state index contributed by atoms with van der Waals surface area (Å²) in [5.41, 5.74) is 1.99. The molecule has 1 fully saturated rings. The molecular formula is C23H30O8. The van der Waals surface area contributed by atoms with Gasteiger partial charge in [-0.3, -0.25) is 4.79 Å². The number of esters is 3. The number of carbonyl (C=O) groups is 3. The Balaban J connectivity index is 2.48. The monoisotopic (exact) mass is 434 g/mol. The van der Waals surface area contributed by atoms with Crippen molar-refractivity contribution in [2.75, 3.05) is 20.3 Å². The van der Waals surface area contributed by atoms with E-state index in [-0.39, 0.29) is 30.8 Å². The molecule has 31 heavy (non-hydrogen) atoms. The summed E-state index contributed by atoms with van der Waals surface area (Å²) in [6.07, 6.45) is 3.66. The summed E-state index contributed by atoms with van der Waals surface area (Å²) in [6, 6.07) is 0. The van der Waals surface area contributed by atoms with Crippen LogP contribution in [0.15, 0.2) is 47.1 Å². The first-order chi connectivity index (χ1) is 14.7. The van der Waals surface area contributed by atoms with Crippen LogP contribution in [0.5, 0.6) is 0 Å². The molecule has 1 N–H and O–H groups in total. The minimum Gasteiger partial charge on any atom is -0.458 e. The fraction of sp³-hybridized carbons (Fsp3) is 0.522. The number of aliphatic hydroxyl groups is 1. The van der Waals surface area contributed by atoms with E-state index >= 15 is 0 Å². The van der Waals surface area contributed by atoms with E-state index in [1.54, 1.807) is 27.0 Å². The lowest BCUT2D eigenvalue weighted by atomic mass is 9.85. The number of carbonyl (C=O) groups excluding carboxylic acids is 3. The number of rotatable bonds is 6. The number of fused-ring (bicyclic) bond motifs is 1. The Hall–Kier alpha value is -2.71. The molecule has 0 bridgehead atoms. The van der Waals surface area contributed by atoms with Gasteiger partial charge in [-0.2, -0.15) is 0 Å². The average Bonchev–Trinajstić information content (AvgIpc) is 2.97. The molecule has 8 nitrogen and oxygen atoms in total. The van der Waals surface area contributed by atoms with Gasteiger partial charge >= 0.3 is 17.9 Å². The Morgan fingerprint density at radius 1 is 1.32 bits per heavy atom. The molecule has 4 atom stereocenters. The Labute approximate surface area is 182 Å². The van der Waals surface area contributed by atoms with Crippen molar-refractivity contribution in [2.45, 2.75) is 51.9 Å². The summed E-state index contributed by atoms with van der Waals surface area (Å²) in [4.78, 5) is 36.4. The lowest BCUT2D eigenvalue weighted by Crippen LogP contribution is -2.35. The van der Waals surface area contributed by atoms with Crippen LogP contribution in [0.2, 0.25) is 0 Å². The van der Waals surface area contributed by atoms with Crippen molar-refractivity contribution in [3.8, 4) is 0 Å². The molecular weight excluding hydrogens is 404 g/mol. The quantitative estimate of drug-likeness (QED) is 0.293. The van der Waals surface area contributed by atoms with E-state index in [0.29, 0.717) is 12.0 Å². The van der Waals surface area contributed by atoms with Gasteiger partial charge in [-0.25, -0.2) is 9.59 Å². The zero-order chi connectivity index (χ0) is 23.1. The molecule has 2 rings (SSSR count). The number of hydrogen-bond acceptors (Lipinski definition) is 8. The normalized spacial score (nSPS) is 30.3. The second-order valence-corrected chi connectivity index (χ2v) is 7.68. The van der Waals surface area contributed by atoms with Gasteiger partial charge in [0.2, 0.25) is 0 Å². The SMILES string of the molecule is C=C1C(=O)O[C@@H]2/C=C(\C)[C@H](OC(C)=O)C/C=C(\COC)C[C@@H](OC(=O)/C(C)=C/CO)[C@@H]12. The van der Waals surface area contributed by atoms with Crippen molar-refractivity contribution in [3.05, 3.63) is 47.1 Å². The standard InChI is InChI=1S/C23H30O8/c1-13(8-9-24)22(26)30-20-11-17(12-28-5)6-7-18(29-16(4)25)14(2)10-19-21(20)15(3)23(27)31-19/h6,8,10,18-21,24H,3,7,9,11-12H2,1-2,4-5H3/b13-8+,14-10+,17-6-/t18-,19-,20-,21+/m1/s1. The summed E-state index contributed by atoms with van der Waals surface area (Å²) in [5, 5.41) is 9.07. The van der Waals surface area contributed by atoms with Gasteiger partial charge in [0.05, 0.1) is 19.1 Å². The molecule has 0 amide bonds. The average molecular weight is 434 g/mol. The Bertz CT molecular complexity index is 819. The summed E-state index contributed by atoms with van der Waals surface area (Å²) < 4.78 is 22.0. The van der Waals surface area contributed by atoms with Crippen LogP contribution in [0.3, 0.4) is 0 Å². The zero-order valence-electron chi connectivity index (χ0n) is 18.4. The summed E-state index contributed by atoms with van der Waals surface area (Å²) in [7, 11) is 1.55. The third kappa shape index (κ3) is 6.38. The predicted octanol–water partition coefficient (Wildman–Crippen LogP) is 2.18. The van der Waals surface area contributed by atoms with E-state index in [2.05, 4.69) is 6.58 Å². The maximum atomic E-state index is 12.6. The van der Waals surface area contributed by atoms with Crippen LogP contribution < -0.4 is 0 Å². The van der Waals surface area contributed by atoms with E-state index in [4.69, 9.17) is 24.1 Å². The Kier molecular flexibility index (Phi) is 8.76. The maximum Gasteiger partial charge on any atom is 0.334 e. The molecule has 1 saturated heterocycles. The molecule has 0 radical (unpaired) electrons. The fourth-order valence-electron chi connectivity index (χ4n) is 3.69. The van der Waals surface area contributed by atoms with Crippen molar-refractivity contribution in [3.63, 3.8) is 0 Å². The van der Waals surface area contributed by atoms with Gasteiger partial charge in [0.25, 0.3) is 0 Å². The van der Waals surface area contributed by atoms with E-state index in [0.717, 1.165) is 5.57 Å². The van der Waals surface area contributed by atoms with Crippen LogP contribution in [0.4, 0.5) is 0 Å². The first-order valence-corrected chi connectivity index (χ1v) is 10.1. The van der Waals surface area contributed by atoms with E-state index in [1.807, 2.05) is 6.08 Å². The summed E-state index contributed by atoms with van der Waals surface area (Å²) in [6.45, 7) is 8.51. The van der Waals surface area contributed by atoms with E-state index in [1.165, 1.54) is 13.0 Å². The van der Waals surface area contributed by atoms with Crippen LogP contribution in [-0.4, -0.2) is 61.6 Å². The van der Waals surface area contributed by atoms with Gasteiger partial charge in [0, 0.05) is 38.0 Å². The Morgan fingerprint density at radius 3 is 2.65 bits per heavy atom. The molecule has 0 unspecified atom stereocenters. The molecule has 170 valence electrons. The van der Waals surface area contributed by atoms with Crippen LogP contribution in [-0.2, 0) is 33.3 Å². The highest BCUT2D eigenvalue weighted by Gasteiger charge is 2.45. The van der Waals surface area contributed by atoms with Crippen molar-refractivity contribution >= 4 is 17.9 Å². The van der Waals surface area contributed by atoms with Gasteiger partial charge < -0.3 is 24.1 Å². The molecule has 2 aliphatic rings. The van der Waals surface area contributed by atoms with Crippen molar-refractivity contribution < 1.29 is 38.4 Å². The molecule has 0 spiro atoms. The largest absolute Gasteiger partial charge is 0.458 e. The van der Waals surface area contributed by atoms with Gasteiger partial charge in [-0.15, -0.1) is 0 Å². The minimum atomic E-state index is -0.741. The number of ether oxygens (including phenoxy) is 4. The van der Waals surface area contributed by atoms with Crippen LogP contribution in [0.25, 0.3) is 0 Å². The van der Waals surface area contributed by atoms with Crippen molar-refractivity contribution in [1.82, 2.24) is 0 Å². The van der Waals surface area contributed by atoms with Gasteiger partial charge in [-0.05, 0) is 37.1 Å². The molecule has 0 saturated carbocycles. The summed E-state index contributed by atoms with van der Waals surface area (Å²) in [5.74, 6) is -2.20. The van der Waals surface area contributed by atoms with Crippen LogP contribution in [0.1, 0.15) is 33.6 Å². The zero-order valence-corrected chi connectivity index (χ0v) is 18.4. The molecule has 0 aromatic rings. The van der Waals surface area contributed by atoms with Crippen molar-refractivity contribution in [1.29, 1.82) is 0 Å². The van der Waals surface area contributed by atoms with Gasteiger partial charge in [-0.1, -0.05) is 12.7 Å². The molecule has 1 aliphatic heterocycles. The van der Waals surface area contributed by atoms with Gasteiger partial charge in [0.1, 0.15) is 18.3 Å². The second-order valence-electron chi connectivity index (χ2n) is 7.68. The lowest BCUT2D eigenvalue weighted by molar-refractivity contribution is -0.148. The number of methoxy groups -OCH3 is 1. The first kappa shape index (κ1) is 24.6. The third-order valence-electron chi connectivity index (χ3n) is 5.30. The molecule has 1 aliphatic carbocycles. The van der Waals surface area contributed by atoms with E-state index < -0.39 is 42.1 Å². The lowest BCUT2D eigenvalue weighted by Gasteiger charge is -2.29. The minimum absolute atomic E-state index is 0.206. The molecule has 1 heterocycles. The topological polar surface area (TPSA) is 108 Å². The highest BCUT2D eigenvalue weighted by atomic mass is 16.6. The number of aliphatic hydroxyl groups excluding tert-OH is 1. The predicted molar refractivity (Wildman–Crippen MR) is 112 cm³/mol. The van der Waals surface area contributed by atoms with Gasteiger partial charge in [0.15, 0.2) is 0 Å². The first-order valence-electron chi connectivity index (χ1n) is 10.1.